The van der Waals surface area contributed by atoms with Crippen LogP contribution in [0.2, 0.25) is 0 Å². The van der Waals surface area contributed by atoms with Gasteiger partial charge in [0.05, 0.1) is 36.3 Å². The highest BCUT2D eigenvalue weighted by Gasteiger charge is 2.33. The Morgan fingerprint density at radius 2 is 2.00 bits per heavy atom. The average Bonchev–Trinajstić information content (AvgIpc) is 3.39. The summed E-state index contributed by atoms with van der Waals surface area (Å²) in [4.78, 5) is 26.5. The van der Waals surface area contributed by atoms with Crippen LogP contribution in [0.25, 0.3) is 21.1 Å². The molecule has 1 aromatic carbocycles. The van der Waals surface area contributed by atoms with Gasteiger partial charge in [0.25, 0.3) is 0 Å². The Kier molecular flexibility index (Phi) is 5.16. The predicted molar refractivity (Wildman–Crippen MR) is 104 cm³/mol. The number of carbonyl (C=O) groups is 2. The van der Waals surface area contributed by atoms with Crippen molar-refractivity contribution >= 4 is 29.0 Å². The number of amides is 2. The van der Waals surface area contributed by atoms with Gasteiger partial charge < -0.3 is 10.1 Å². The van der Waals surface area contributed by atoms with Crippen LogP contribution < -0.4 is 10.2 Å². The van der Waals surface area contributed by atoms with Gasteiger partial charge in [-0.15, -0.1) is 21.5 Å². The summed E-state index contributed by atoms with van der Waals surface area (Å²) in [5.74, 6) is -1.54. The molecule has 9 nitrogen and oxygen atoms in total. The number of cyclic esters (lactones) is 1. The summed E-state index contributed by atoms with van der Waals surface area (Å²) in [5, 5.41) is 14.2. The van der Waals surface area contributed by atoms with Crippen molar-refractivity contribution in [1.82, 2.24) is 25.5 Å². The van der Waals surface area contributed by atoms with Gasteiger partial charge in [-0.3, -0.25) is 9.69 Å². The Morgan fingerprint density at radius 3 is 2.63 bits per heavy atom. The standard InChI is InChI=1S/C18H16F2N6O3S/c1-9(27)21-7-11-8-26(18(28)29-11)10-5-12(19)16(13(20)6-10)14-3-4-15(30-14)17-22-24-25(2)23-17/h3-6,11H,7-8H2,1-2H3,(H,21,27)/t11-/m0/s1. The summed E-state index contributed by atoms with van der Waals surface area (Å²) in [6.07, 6.45) is -1.34. The molecule has 30 heavy (non-hydrogen) atoms. The van der Waals surface area contributed by atoms with E-state index in [0.717, 1.165) is 28.4 Å². The number of rotatable bonds is 5. The Labute approximate surface area is 173 Å². The number of tetrazole rings is 1. The van der Waals surface area contributed by atoms with Crippen LogP contribution in [0.15, 0.2) is 24.3 Å². The van der Waals surface area contributed by atoms with E-state index >= 15 is 0 Å². The van der Waals surface area contributed by atoms with Gasteiger partial charge in [-0.1, -0.05) is 0 Å². The number of aryl methyl sites for hydroxylation is 1. The molecule has 0 saturated carbocycles. The van der Waals surface area contributed by atoms with Crippen molar-refractivity contribution in [3.63, 3.8) is 0 Å². The minimum Gasteiger partial charge on any atom is -0.442 e. The van der Waals surface area contributed by atoms with Crippen molar-refractivity contribution in [3.8, 4) is 21.1 Å². The highest BCUT2D eigenvalue weighted by molar-refractivity contribution is 7.18. The first-order valence-electron chi connectivity index (χ1n) is 8.88. The molecule has 0 spiro atoms. The highest BCUT2D eigenvalue weighted by Crippen LogP contribution is 2.37. The first-order chi connectivity index (χ1) is 14.3. The van der Waals surface area contributed by atoms with E-state index in [0.29, 0.717) is 15.6 Å². The van der Waals surface area contributed by atoms with E-state index in [1.165, 1.54) is 11.7 Å². The van der Waals surface area contributed by atoms with E-state index < -0.39 is 23.8 Å². The molecular weight excluding hydrogens is 418 g/mol. The molecule has 1 atom stereocenters. The molecule has 12 heteroatoms. The molecule has 156 valence electrons. The molecule has 3 heterocycles. The fourth-order valence-electron chi connectivity index (χ4n) is 3.02. The van der Waals surface area contributed by atoms with Crippen LogP contribution in [0, 0.1) is 11.6 Å². The summed E-state index contributed by atoms with van der Waals surface area (Å²) in [6.45, 7) is 1.53. The summed E-state index contributed by atoms with van der Waals surface area (Å²) in [6, 6.07) is 5.40. The summed E-state index contributed by atoms with van der Waals surface area (Å²) < 4.78 is 34.8. The molecule has 0 radical (unpaired) electrons. The number of anilines is 1. The summed E-state index contributed by atoms with van der Waals surface area (Å²) in [5.41, 5.74) is -0.169. The van der Waals surface area contributed by atoms with E-state index in [1.54, 1.807) is 19.2 Å². The molecule has 1 fully saturated rings. The van der Waals surface area contributed by atoms with Crippen molar-refractivity contribution in [2.75, 3.05) is 18.0 Å². The number of ether oxygens (including phenoxy) is 1. The Balaban J connectivity index is 1.58. The zero-order valence-corrected chi connectivity index (χ0v) is 16.7. The fourth-order valence-corrected chi connectivity index (χ4v) is 4.00. The lowest BCUT2D eigenvalue weighted by atomic mass is 10.1. The van der Waals surface area contributed by atoms with E-state index in [9.17, 15) is 18.4 Å². The molecule has 1 aliphatic rings. The highest BCUT2D eigenvalue weighted by atomic mass is 32.1. The smallest absolute Gasteiger partial charge is 0.414 e. The molecule has 2 amide bonds. The normalized spacial score (nSPS) is 16.1. The number of hydrogen-bond donors (Lipinski definition) is 1. The molecule has 3 aromatic rings. The van der Waals surface area contributed by atoms with Gasteiger partial charge in [0.15, 0.2) is 0 Å². The number of aromatic nitrogens is 4. The van der Waals surface area contributed by atoms with Crippen molar-refractivity contribution < 1.29 is 23.1 Å². The maximum atomic E-state index is 14.8. The maximum absolute atomic E-state index is 14.8. The van der Waals surface area contributed by atoms with E-state index in [4.69, 9.17) is 4.74 Å². The van der Waals surface area contributed by atoms with Crippen LogP contribution in [-0.2, 0) is 16.6 Å². The van der Waals surface area contributed by atoms with E-state index in [1.807, 2.05) is 0 Å². The summed E-state index contributed by atoms with van der Waals surface area (Å²) >= 11 is 1.13. The van der Waals surface area contributed by atoms with Gasteiger partial charge in [-0.2, -0.15) is 4.80 Å². The molecule has 1 N–H and O–H groups in total. The van der Waals surface area contributed by atoms with Gasteiger partial charge >= 0.3 is 6.09 Å². The van der Waals surface area contributed by atoms with E-state index in [-0.39, 0.29) is 30.2 Å². The number of carbonyl (C=O) groups excluding carboxylic acids is 2. The topological polar surface area (TPSA) is 102 Å². The lowest BCUT2D eigenvalue weighted by Crippen LogP contribution is -2.33. The van der Waals surface area contributed by atoms with Gasteiger partial charge in [0, 0.05) is 11.8 Å². The number of halogens is 2. The van der Waals surface area contributed by atoms with Gasteiger partial charge in [-0.05, 0) is 29.5 Å². The minimum atomic E-state index is -0.816. The van der Waals surface area contributed by atoms with Crippen LogP contribution in [0.5, 0.6) is 0 Å². The predicted octanol–water partition coefficient (Wildman–Crippen LogP) is 2.35. The summed E-state index contributed by atoms with van der Waals surface area (Å²) in [7, 11) is 1.62. The van der Waals surface area contributed by atoms with Crippen LogP contribution in [0.4, 0.5) is 19.3 Å². The van der Waals surface area contributed by atoms with Crippen LogP contribution >= 0.6 is 11.3 Å². The second-order valence-corrected chi connectivity index (χ2v) is 7.69. The number of hydrogen-bond acceptors (Lipinski definition) is 7. The van der Waals surface area contributed by atoms with Gasteiger partial charge in [0.1, 0.15) is 17.7 Å². The zero-order chi connectivity index (χ0) is 21.4. The first kappa shape index (κ1) is 19.9. The lowest BCUT2D eigenvalue weighted by Gasteiger charge is -2.15. The fraction of sp³-hybridized carbons (Fsp3) is 0.278. The second-order valence-electron chi connectivity index (χ2n) is 6.60. The number of nitrogens with one attached hydrogen (secondary N) is 1. The Morgan fingerprint density at radius 1 is 1.30 bits per heavy atom. The van der Waals surface area contributed by atoms with Gasteiger partial charge in [0.2, 0.25) is 11.7 Å². The SMILES string of the molecule is CC(=O)NC[C@H]1CN(c2cc(F)c(-c3ccc(-c4nnn(C)n4)s3)c(F)c2)C(=O)O1. The molecular formula is C18H16F2N6O3S. The monoisotopic (exact) mass is 434 g/mol. The Hall–Kier alpha value is -3.41. The van der Waals surface area contributed by atoms with Crippen molar-refractivity contribution in [3.05, 3.63) is 35.9 Å². The zero-order valence-electron chi connectivity index (χ0n) is 15.9. The minimum absolute atomic E-state index is 0.0384. The molecule has 0 unspecified atom stereocenters. The maximum Gasteiger partial charge on any atom is 0.414 e. The van der Waals surface area contributed by atoms with Crippen LogP contribution in [0.3, 0.4) is 0 Å². The number of thiophene rings is 1. The molecule has 0 aliphatic carbocycles. The second kappa shape index (κ2) is 7.78. The van der Waals surface area contributed by atoms with Crippen LogP contribution in [0.1, 0.15) is 6.92 Å². The molecule has 0 bridgehead atoms. The third kappa shape index (κ3) is 3.85. The third-order valence-corrected chi connectivity index (χ3v) is 5.47. The molecule has 4 rings (SSSR count). The molecule has 1 saturated heterocycles. The van der Waals surface area contributed by atoms with Crippen molar-refractivity contribution in [2.45, 2.75) is 13.0 Å². The average molecular weight is 434 g/mol. The van der Waals surface area contributed by atoms with Crippen LogP contribution in [-0.4, -0.2) is 51.4 Å². The molecule has 2 aromatic heterocycles. The number of nitrogens with zero attached hydrogens (tertiary/aromatic N) is 5. The Bertz CT molecular complexity index is 1110. The lowest BCUT2D eigenvalue weighted by molar-refractivity contribution is -0.119. The largest absolute Gasteiger partial charge is 0.442 e. The van der Waals surface area contributed by atoms with Gasteiger partial charge in [-0.25, -0.2) is 13.6 Å². The molecule has 1 aliphatic heterocycles. The van der Waals surface area contributed by atoms with E-state index in [2.05, 4.69) is 20.7 Å². The third-order valence-electron chi connectivity index (χ3n) is 4.37. The van der Waals surface area contributed by atoms with Crippen molar-refractivity contribution in [1.29, 1.82) is 0 Å². The quantitative estimate of drug-likeness (QED) is 0.661. The number of benzene rings is 1. The van der Waals surface area contributed by atoms with Crippen molar-refractivity contribution in [2.24, 2.45) is 7.05 Å². The first-order valence-corrected chi connectivity index (χ1v) is 9.69.